The summed E-state index contributed by atoms with van der Waals surface area (Å²) in [6.45, 7) is 3.80. The maximum atomic E-state index is 14.0. The molecule has 0 radical (unpaired) electrons. The second kappa shape index (κ2) is 10.4. The van der Waals surface area contributed by atoms with Crippen LogP contribution in [-0.2, 0) is 4.79 Å². The number of fused-ring (bicyclic) bond motifs is 1. The molecular weight excluding hydrogens is 522 g/mol. The van der Waals surface area contributed by atoms with E-state index < -0.39 is 23.5 Å². The minimum Gasteiger partial charge on any atom is -0.503 e. The fourth-order valence-electron chi connectivity index (χ4n) is 4.69. The van der Waals surface area contributed by atoms with Crippen molar-refractivity contribution in [2.75, 3.05) is 19.1 Å². The number of amides is 1. The normalized spacial score (nSPS) is 15.4. The highest BCUT2D eigenvalue weighted by Crippen LogP contribution is 2.44. The molecule has 0 saturated heterocycles. The number of nitrogens with zero attached hydrogens (tertiary/aromatic N) is 1. The summed E-state index contributed by atoms with van der Waals surface area (Å²) in [5.41, 5.74) is 1.19. The number of aliphatic hydroxyl groups is 1. The molecule has 0 fully saturated rings. The number of carbonyl (C=O) groups is 2. The quantitative estimate of drug-likeness (QED) is 0.246. The fraction of sp³-hybridized carbons (Fsp3) is 0.200. The molecule has 3 aromatic carbocycles. The van der Waals surface area contributed by atoms with Gasteiger partial charge in [-0.15, -0.1) is 0 Å². The first-order chi connectivity index (χ1) is 18.7. The molecule has 1 amide bonds. The van der Waals surface area contributed by atoms with Gasteiger partial charge in [0.1, 0.15) is 11.5 Å². The van der Waals surface area contributed by atoms with E-state index in [1.807, 2.05) is 13.8 Å². The van der Waals surface area contributed by atoms with Crippen LogP contribution in [0.4, 0.5) is 5.69 Å². The number of anilines is 1. The lowest BCUT2D eigenvalue weighted by Gasteiger charge is -2.27. The van der Waals surface area contributed by atoms with Crippen LogP contribution in [0.2, 0.25) is 5.02 Å². The second-order valence-electron chi connectivity index (χ2n) is 9.25. The van der Waals surface area contributed by atoms with E-state index >= 15 is 0 Å². The number of halogens is 1. The van der Waals surface area contributed by atoms with Gasteiger partial charge in [-0.05, 0) is 55.8 Å². The van der Waals surface area contributed by atoms with Crippen molar-refractivity contribution < 1.29 is 33.3 Å². The zero-order valence-electron chi connectivity index (χ0n) is 21.7. The molecule has 0 saturated carbocycles. The average molecular weight is 548 g/mol. The van der Waals surface area contributed by atoms with Gasteiger partial charge in [0.05, 0.1) is 31.9 Å². The largest absolute Gasteiger partial charge is 0.503 e. The van der Waals surface area contributed by atoms with Crippen molar-refractivity contribution in [2.45, 2.75) is 26.0 Å². The summed E-state index contributed by atoms with van der Waals surface area (Å²) in [5.74, 6) is -0.714. The van der Waals surface area contributed by atoms with Gasteiger partial charge in [-0.3, -0.25) is 14.5 Å². The van der Waals surface area contributed by atoms with Crippen LogP contribution in [-0.4, -0.2) is 37.1 Å². The summed E-state index contributed by atoms with van der Waals surface area (Å²) in [6.07, 6.45) is -0.0950. The molecule has 1 atom stereocenters. The lowest BCUT2D eigenvalue weighted by molar-refractivity contribution is -0.117. The van der Waals surface area contributed by atoms with Crippen molar-refractivity contribution >= 4 is 39.9 Å². The van der Waals surface area contributed by atoms with E-state index in [0.29, 0.717) is 44.5 Å². The molecule has 8 nitrogen and oxygen atoms in total. The third kappa shape index (κ3) is 4.79. The molecule has 1 aromatic heterocycles. The van der Waals surface area contributed by atoms with Gasteiger partial charge in [-0.25, -0.2) is 0 Å². The molecule has 0 aliphatic carbocycles. The van der Waals surface area contributed by atoms with Crippen LogP contribution in [0.25, 0.3) is 11.0 Å². The Balaban J connectivity index is 1.67. The van der Waals surface area contributed by atoms with Crippen molar-refractivity contribution in [3.05, 3.63) is 94.4 Å². The number of benzene rings is 3. The summed E-state index contributed by atoms with van der Waals surface area (Å²) >= 11 is 6.20. The maximum absolute atomic E-state index is 14.0. The first kappa shape index (κ1) is 26.2. The number of aliphatic hydroxyl groups excluding tert-OH is 1. The molecule has 1 aliphatic heterocycles. The van der Waals surface area contributed by atoms with E-state index in [-0.39, 0.29) is 17.4 Å². The molecule has 200 valence electrons. The van der Waals surface area contributed by atoms with E-state index in [1.54, 1.807) is 60.7 Å². The molecule has 1 N–H and O–H groups in total. The average Bonchev–Trinajstić information content (AvgIpc) is 3.46. The Labute approximate surface area is 229 Å². The number of rotatable bonds is 8. The zero-order chi connectivity index (χ0) is 27.8. The first-order valence-corrected chi connectivity index (χ1v) is 12.6. The van der Waals surface area contributed by atoms with E-state index in [9.17, 15) is 14.7 Å². The van der Waals surface area contributed by atoms with Crippen LogP contribution >= 0.6 is 11.6 Å². The molecule has 2 heterocycles. The zero-order valence-corrected chi connectivity index (χ0v) is 22.5. The summed E-state index contributed by atoms with van der Waals surface area (Å²) in [6, 6.07) is 17.7. The molecule has 0 spiro atoms. The topological polar surface area (TPSA) is 98.4 Å². The predicted octanol–water partition coefficient (Wildman–Crippen LogP) is 6.67. The molecule has 0 bridgehead atoms. The van der Waals surface area contributed by atoms with Gasteiger partial charge < -0.3 is 23.7 Å². The van der Waals surface area contributed by atoms with Crippen LogP contribution < -0.4 is 19.1 Å². The monoisotopic (exact) mass is 547 g/mol. The Hall–Kier alpha value is -4.43. The number of ketones is 1. The van der Waals surface area contributed by atoms with Crippen LogP contribution in [0.3, 0.4) is 0 Å². The van der Waals surface area contributed by atoms with Gasteiger partial charge in [0, 0.05) is 28.2 Å². The smallest absolute Gasteiger partial charge is 0.294 e. The lowest BCUT2D eigenvalue weighted by atomic mass is 9.94. The first-order valence-electron chi connectivity index (χ1n) is 12.2. The number of methoxy groups -OCH3 is 2. The second-order valence-corrected chi connectivity index (χ2v) is 9.68. The summed E-state index contributed by atoms with van der Waals surface area (Å²) in [5, 5.41) is 12.1. The maximum Gasteiger partial charge on any atom is 0.294 e. The van der Waals surface area contributed by atoms with Crippen LogP contribution in [0.1, 0.15) is 36.0 Å². The van der Waals surface area contributed by atoms with Crippen molar-refractivity contribution in [3.8, 4) is 17.2 Å². The van der Waals surface area contributed by atoms with Crippen molar-refractivity contribution in [1.82, 2.24) is 0 Å². The van der Waals surface area contributed by atoms with E-state index in [4.69, 9.17) is 30.2 Å². The van der Waals surface area contributed by atoms with Gasteiger partial charge in [-0.1, -0.05) is 29.8 Å². The summed E-state index contributed by atoms with van der Waals surface area (Å²) in [7, 11) is 2.98. The molecule has 9 heteroatoms. The number of Topliss-reactive ketones (excluding diaryl/α,β-unsaturated/α-hetero) is 1. The lowest BCUT2D eigenvalue weighted by Crippen LogP contribution is -2.31. The highest BCUT2D eigenvalue weighted by Gasteiger charge is 2.45. The minimum atomic E-state index is -0.980. The number of ether oxygens (including phenoxy) is 3. The van der Waals surface area contributed by atoms with Gasteiger partial charge in [0.25, 0.3) is 5.91 Å². The Bertz CT molecular complexity index is 1620. The predicted molar refractivity (Wildman–Crippen MR) is 147 cm³/mol. The standard InChI is InChI=1S/C30H26ClNO7/c1-16(2)38-22-10-5-7-17(12-22)26-25(28(34)30(35)32(26)20-8-6-9-21(15-20)36-3)27(33)23-13-18-11-19(31)14-24(37-4)29(18)39-23/h5-16,26,34H,1-4H3. The van der Waals surface area contributed by atoms with Crippen molar-refractivity contribution in [3.63, 3.8) is 0 Å². The summed E-state index contributed by atoms with van der Waals surface area (Å²) < 4.78 is 22.5. The Kier molecular flexibility index (Phi) is 6.97. The number of furan rings is 1. The van der Waals surface area contributed by atoms with Gasteiger partial charge in [0.2, 0.25) is 5.78 Å². The molecule has 4 aromatic rings. The minimum absolute atomic E-state index is 0.0769. The van der Waals surface area contributed by atoms with Crippen LogP contribution in [0.5, 0.6) is 17.2 Å². The van der Waals surface area contributed by atoms with E-state index in [2.05, 4.69) is 0 Å². The Morgan fingerprint density at radius 1 is 1.00 bits per heavy atom. The molecule has 1 unspecified atom stereocenters. The number of hydrogen-bond donors (Lipinski definition) is 1. The van der Waals surface area contributed by atoms with Gasteiger partial charge >= 0.3 is 0 Å². The van der Waals surface area contributed by atoms with Gasteiger partial charge in [-0.2, -0.15) is 0 Å². The molecule has 39 heavy (non-hydrogen) atoms. The molecular formula is C30H26ClNO7. The van der Waals surface area contributed by atoms with Crippen LogP contribution in [0.15, 0.2) is 82.5 Å². The highest BCUT2D eigenvalue weighted by atomic mass is 35.5. The van der Waals surface area contributed by atoms with E-state index in [0.717, 1.165) is 0 Å². The van der Waals surface area contributed by atoms with E-state index in [1.165, 1.54) is 25.2 Å². The number of hydrogen-bond acceptors (Lipinski definition) is 7. The fourth-order valence-corrected chi connectivity index (χ4v) is 4.91. The van der Waals surface area contributed by atoms with Crippen molar-refractivity contribution in [1.29, 1.82) is 0 Å². The van der Waals surface area contributed by atoms with Gasteiger partial charge in [0.15, 0.2) is 22.9 Å². The van der Waals surface area contributed by atoms with Crippen LogP contribution in [0, 0.1) is 0 Å². The molecule has 1 aliphatic rings. The Morgan fingerprint density at radius 3 is 2.46 bits per heavy atom. The Morgan fingerprint density at radius 2 is 1.74 bits per heavy atom. The SMILES string of the molecule is COc1cccc(N2C(=O)C(O)=C(C(=O)c3cc4cc(Cl)cc(OC)c4o3)C2c2cccc(OC(C)C)c2)c1. The third-order valence-electron chi connectivity index (χ3n) is 6.32. The molecule has 5 rings (SSSR count). The number of carbonyl (C=O) groups excluding carboxylic acids is 2. The van der Waals surface area contributed by atoms with Crippen molar-refractivity contribution in [2.24, 2.45) is 0 Å². The third-order valence-corrected chi connectivity index (χ3v) is 6.54. The highest BCUT2D eigenvalue weighted by molar-refractivity contribution is 6.31. The summed E-state index contributed by atoms with van der Waals surface area (Å²) in [4.78, 5) is 28.9.